The van der Waals surface area contributed by atoms with E-state index >= 15 is 0 Å². The van der Waals surface area contributed by atoms with Crippen LogP contribution in [-0.4, -0.2) is 49.0 Å². The van der Waals surface area contributed by atoms with Crippen molar-refractivity contribution in [2.75, 3.05) is 25.2 Å². The summed E-state index contributed by atoms with van der Waals surface area (Å²) in [6.45, 7) is -0.330. The van der Waals surface area contributed by atoms with Crippen LogP contribution in [0.5, 0.6) is 0 Å². The second kappa shape index (κ2) is 6.79. The lowest BCUT2D eigenvalue weighted by molar-refractivity contribution is 0.350. The monoisotopic (exact) mass is 329 g/mol. The highest BCUT2D eigenvalue weighted by molar-refractivity contribution is 7.99. The Morgan fingerprint density at radius 1 is 1.52 bits per heavy atom. The van der Waals surface area contributed by atoms with E-state index in [1.165, 1.54) is 23.5 Å². The Hall–Kier alpha value is -1.07. The van der Waals surface area contributed by atoms with Gasteiger partial charge in [0.1, 0.15) is 17.3 Å². The average Bonchev–Trinajstić information content (AvgIpc) is 2.98. The number of thioether (sulfide) groups is 1. The molecular formula is C14H16FNO3S2. The molecule has 0 aliphatic carbocycles. The molecule has 114 valence electrons. The summed E-state index contributed by atoms with van der Waals surface area (Å²) in [5.41, 5.74) is 0.333. The number of aliphatic hydroxyl groups excluding tert-OH is 1. The summed E-state index contributed by atoms with van der Waals surface area (Å²) in [6, 6.07) is 3.65. The second-order valence-corrected chi connectivity index (χ2v) is 7.76. The maximum atomic E-state index is 14.1. The highest BCUT2D eigenvalue weighted by Crippen LogP contribution is 2.27. The molecule has 1 fully saturated rings. The van der Waals surface area contributed by atoms with Crippen molar-refractivity contribution in [3.63, 3.8) is 0 Å². The minimum Gasteiger partial charge on any atom is -0.384 e. The number of benzene rings is 1. The zero-order valence-corrected chi connectivity index (χ0v) is 13.2. The molecule has 1 heterocycles. The normalized spacial score (nSPS) is 18.6. The van der Waals surface area contributed by atoms with Gasteiger partial charge in [0.15, 0.2) is 0 Å². The van der Waals surface area contributed by atoms with Gasteiger partial charge in [-0.15, -0.1) is 0 Å². The van der Waals surface area contributed by atoms with Gasteiger partial charge in [-0.05, 0) is 30.4 Å². The molecule has 0 bridgehead atoms. The molecule has 0 amide bonds. The summed E-state index contributed by atoms with van der Waals surface area (Å²) in [7, 11) is -2.35. The predicted molar refractivity (Wildman–Crippen MR) is 81.0 cm³/mol. The van der Waals surface area contributed by atoms with Crippen LogP contribution < -0.4 is 0 Å². The number of rotatable bonds is 3. The fourth-order valence-electron chi connectivity index (χ4n) is 2.09. The number of hydrogen-bond acceptors (Lipinski definition) is 4. The van der Waals surface area contributed by atoms with Gasteiger partial charge in [0, 0.05) is 24.4 Å². The summed E-state index contributed by atoms with van der Waals surface area (Å²) in [6.07, 6.45) is 0.780. The van der Waals surface area contributed by atoms with Gasteiger partial charge in [-0.2, -0.15) is 16.1 Å². The van der Waals surface area contributed by atoms with E-state index in [0.29, 0.717) is 5.56 Å². The number of hydrogen-bond donors (Lipinski definition) is 1. The Bertz CT molecular complexity index is 673. The summed E-state index contributed by atoms with van der Waals surface area (Å²) < 4.78 is 40.3. The van der Waals surface area contributed by atoms with Gasteiger partial charge in [0.05, 0.1) is 0 Å². The second-order valence-electron chi connectivity index (χ2n) is 4.64. The fourth-order valence-corrected chi connectivity index (χ4v) is 4.88. The average molecular weight is 329 g/mol. The molecule has 0 spiro atoms. The number of nitrogens with zero attached hydrogens (tertiary/aromatic N) is 1. The van der Waals surface area contributed by atoms with E-state index in [4.69, 9.17) is 5.11 Å². The molecular weight excluding hydrogens is 313 g/mol. The van der Waals surface area contributed by atoms with Crippen LogP contribution >= 0.6 is 11.8 Å². The Kier molecular flexibility index (Phi) is 5.27. The molecule has 1 unspecified atom stereocenters. The zero-order chi connectivity index (χ0) is 15.5. The third-order valence-corrected chi connectivity index (χ3v) is 6.41. The van der Waals surface area contributed by atoms with Crippen molar-refractivity contribution < 1.29 is 17.9 Å². The Labute approximate surface area is 128 Å². The summed E-state index contributed by atoms with van der Waals surface area (Å²) >= 11 is 1.70. The van der Waals surface area contributed by atoms with Crippen molar-refractivity contribution in [2.45, 2.75) is 17.4 Å². The van der Waals surface area contributed by atoms with E-state index in [9.17, 15) is 12.8 Å². The lowest BCUT2D eigenvalue weighted by Crippen LogP contribution is -2.37. The van der Waals surface area contributed by atoms with Crippen LogP contribution in [0.15, 0.2) is 23.1 Å². The van der Waals surface area contributed by atoms with Gasteiger partial charge in [0.2, 0.25) is 10.0 Å². The van der Waals surface area contributed by atoms with Crippen molar-refractivity contribution in [1.82, 2.24) is 4.31 Å². The third kappa shape index (κ3) is 3.58. The molecule has 1 aliphatic heterocycles. The largest absolute Gasteiger partial charge is 0.384 e. The van der Waals surface area contributed by atoms with E-state index in [1.54, 1.807) is 11.8 Å². The summed E-state index contributed by atoms with van der Waals surface area (Å²) in [5, 5.41) is 8.60. The van der Waals surface area contributed by atoms with Crippen molar-refractivity contribution in [1.29, 1.82) is 0 Å². The zero-order valence-electron chi connectivity index (χ0n) is 11.5. The van der Waals surface area contributed by atoms with Gasteiger partial charge in [-0.1, -0.05) is 11.8 Å². The minimum atomic E-state index is -3.84. The fraction of sp³-hybridized carbons (Fsp3) is 0.429. The van der Waals surface area contributed by atoms with Crippen LogP contribution in [0.4, 0.5) is 4.39 Å². The Morgan fingerprint density at radius 2 is 2.29 bits per heavy atom. The van der Waals surface area contributed by atoms with E-state index < -0.39 is 15.8 Å². The standard InChI is InChI=1S/C14H16FNO3S2/c1-16(12-6-8-20-10-12)21(18,19)14-5-4-11(3-2-7-17)9-13(14)15/h4-5,9,12,17H,6-8,10H2,1H3. The van der Waals surface area contributed by atoms with Crippen LogP contribution in [0.3, 0.4) is 0 Å². The van der Waals surface area contributed by atoms with Crippen LogP contribution in [-0.2, 0) is 10.0 Å². The van der Waals surface area contributed by atoms with Gasteiger partial charge < -0.3 is 5.11 Å². The SMILES string of the molecule is CN(C1CCSC1)S(=O)(=O)c1ccc(C#CCO)cc1F. The molecule has 0 radical (unpaired) electrons. The van der Waals surface area contributed by atoms with E-state index in [2.05, 4.69) is 11.8 Å². The summed E-state index contributed by atoms with van der Waals surface area (Å²) in [5.74, 6) is 5.77. The lowest BCUT2D eigenvalue weighted by Gasteiger charge is -2.23. The molecule has 4 nitrogen and oxygen atoms in total. The Balaban J connectivity index is 2.31. The van der Waals surface area contributed by atoms with Crippen molar-refractivity contribution >= 4 is 21.8 Å². The maximum Gasteiger partial charge on any atom is 0.246 e. The van der Waals surface area contributed by atoms with E-state index in [0.717, 1.165) is 24.0 Å². The molecule has 21 heavy (non-hydrogen) atoms. The molecule has 1 aromatic rings. The van der Waals surface area contributed by atoms with Crippen LogP contribution in [0.25, 0.3) is 0 Å². The molecule has 1 saturated heterocycles. The third-order valence-electron chi connectivity index (χ3n) is 3.32. The van der Waals surface area contributed by atoms with Gasteiger partial charge >= 0.3 is 0 Å². The first-order valence-corrected chi connectivity index (χ1v) is 9.01. The number of halogens is 1. The summed E-state index contributed by atoms with van der Waals surface area (Å²) in [4.78, 5) is -0.337. The highest BCUT2D eigenvalue weighted by atomic mass is 32.2. The molecule has 1 aromatic carbocycles. The molecule has 1 N–H and O–H groups in total. The molecule has 1 atom stereocenters. The molecule has 0 saturated carbocycles. The first-order valence-electron chi connectivity index (χ1n) is 6.42. The smallest absolute Gasteiger partial charge is 0.246 e. The minimum absolute atomic E-state index is 0.0896. The van der Waals surface area contributed by atoms with Crippen molar-refractivity contribution in [3.8, 4) is 11.8 Å². The Morgan fingerprint density at radius 3 is 2.86 bits per heavy atom. The van der Waals surface area contributed by atoms with Crippen LogP contribution in [0.2, 0.25) is 0 Å². The first-order chi connectivity index (χ1) is 9.96. The molecule has 7 heteroatoms. The van der Waals surface area contributed by atoms with E-state index in [-0.39, 0.29) is 17.5 Å². The topological polar surface area (TPSA) is 57.6 Å². The first kappa shape index (κ1) is 16.3. The van der Waals surface area contributed by atoms with Crippen LogP contribution in [0, 0.1) is 17.7 Å². The molecule has 0 aromatic heterocycles. The van der Waals surface area contributed by atoms with E-state index in [1.807, 2.05) is 0 Å². The number of aliphatic hydroxyl groups is 1. The van der Waals surface area contributed by atoms with Crippen molar-refractivity contribution in [2.24, 2.45) is 0 Å². The lowest BCUT2D eigenvalue weighted by atomic mass is 10.2. The molecule has 2 rings (SSSR count). The van der Waals surface area contributed by atoms with Gasteiger partial charge in [0.25, 0.3) is 0 Å². The quantitative estimate of drug-likeness (QED) is 0.849. The predicted octanol–water partition coefficient (Wildman–Crippen LogP) is 1.30. The number of sulfonamides is 1. The van der Waals surface area contributed by atoms with Gasteiger partial charge in [-0.25, -0.2) is 12.8 Å². The van der Waals surface area contributed by atoms with Crippen LogP contribution in [0.1, 0.15) is 12.0 Å². The van der Waals surface area contributed by atoms with Crippen molar-refractivity contribution in [3.05, 3.63) is 29.6 Å². The maximum absolute atomic E-state index is 14.1. The molecule has 1 aliphatic rings. The van der Waals surface area contributed by atoms with Gasteiger partial charge in [-0.3, -0.25) is 0 Å². The highest BCUT2D eigenvalue weighted by Gasteiger charge is 2.32.